The maximum absolute atomic E-state index is 12.2. The number of nitrogens with zero attached hydrogens (tertiary/aromatic N) is 3. The minimum absolute atomic E-state index is 0.0211. The molecule has 1 N–H and O–H groups in total. The van der Waals surface area contributed by atoms with Crippen LogP contribution < -0.4 is 0 Å². The molecule has 3 aromatic carbocycles. The standard InChI is InChI=1S/C24H19N3O3/c1-27-21-9-5-4-8-20(21)26-24(27)19(14-25)22(28)15-30-23(29)13-16-10-11-17-6-2-3-7-18(17)12-16/h2-12,28H,13,15H2,1H3/b22-19-. The second-order valence-corrected chi connectivity index (χ2v) is 6.94. The Balaban J connectivity index is 1.49. The molecular weight excluding hydrogens is 378 g/mol. The summed E-state index contributed by atoms with van der Waals surface area (Å²) >= 11 is 0. The Hall–Kier alpha value is -4.11. The SMILES string of the molecule is Cn1c(/C(C#N)=C(\O)COC(=O)Cc2ccc3ccccc3c2)nc2ccccc21. The maximum Gasteiger partial charge on any atom is 0.310 e. The molecule has 0 unspecified atom stereocenters. The second-order valence-electron chi connectivity index (χ2n) is 6.94. The van der Waals surface area contributed by atoms with E-state index in [-0.39, 0.29) is 17.8 Å². The number of aromatic nitrogens is 2. The molecule has 4 aromatic rings. The number of imidazole rings is 1. The molecule has 6 heteroatoms. The lowest BCUT2D eigenvalue weighted by Gasteiger charge is -2.08. The zero-order valence-electron chi connectivity index (χ0n) is 16.4. The minimum Gasteiger partial charge on any atom is -0.507 e. The molecular formula is C24H19N3O3. The lowest BCUT2D eigenvalue weighted by molar-refractivity contribution is -0.142. The summed E-state index contributed by atoms with van der Waals surface area (Å²) in [6, 6.07) is 23.0. The zero-order chi connectivity index (χ0) is 21.1. The number of hydrogen-bond acceptors (Lipinski definition) is 5. The van der Waals surface area contributed by atoms with Crippen LogP contribution >= 0.6 is 0 Å². The van der Waals surface area contributed by atoms with Crippen LogP contribution in [0.15, 0.2) is 72.5 Å². The van der Waals surface area contributed by atoms with Gasteiger partial charge in [-0.3, -0.25) is 4.79 Å². The van der Waals surface area contributed by atoms with Gasteiger partial charge < -0.3 is 14.4 Å². The predicted octanol–water partition coefficient (Wildman–Crippen LogP) is 4.31. The smallest absolute Gasteiger partial charge is 0.310 e. The first kappa shape index (κ1) is 19.2. The molecule has 1 heterocycles. The molecule has 6 nitrogen and oxygen atoms in total. The topological polar surface area (TPSA) is 88.1 Å². The van der Waals surface area contributed by atoms with Gasteiger partial charge >= 0.3 is 5.97 Å². The van der Waals surface area contributed by atoms with Gasteiger partial charge in [-0.25, -0.2) is 4.98 Å². The summed E-state index contributed by atoms with van der Waals surface area (Å²) < 4.78 is 6.93. The quantitative estimate of drug-likeness (QED) is 0.308. The normalized spacial score (nSPS) is 11.9. The summed E-state index contributed by atoms with van der Waals surface area (Å²) in [5.41, 5.74) is 2.34. The Morgan fingerprint density at radius 2 is 1.83 bits per heavy atom. The number of hydrogen-bond donors (Lipinski definition) is 1. The highest BCUT2D eigenvalue weighted by atomic mass is 16.5. The number of esters is 1. The predicted molar refractivity (Wildman–Crippen MR) is 114 cm³/mol. The Labute approximate surface area is 173 Å². The molecule has 0 aliphatic rings. The van der Waals surface area contributed by atoms with Crippen molar-refractivity contribution in [3.63, 3.8) is 0 Å². The van der Waals surface area contributed by atoms with E-state index in [1.54, 1.807) is 11.6 Å². The number of aliphatic hydroxyl groups excluding tert-OH is 1. The van der Waals surface area contributed by atoms with Crippen LogP contribution in [-0.2, 0) is 23.0 Å². The molecule has 0 spiro atoms. The summed E-state index contributed by atoms with van der Waals surface area (Å²) in [6.45, 7) is -0.390. The summed E-state index contributed by atoms with van der Waals surface area (Å²) in [5.74, 6) is -0.497. The van der Waals surface area contributed by atoms with Gasteiger partial charge in [-0.05, 0) is 28.5 Å². The van der Waals surface area contributed by atoms with Gasteiger partial charge in [0.2, 0.25) is 0 Å². The average molecular weight is 397 g/mol. The van der Waals surface area contributed by atoms with Crippen molar-refractivity contribution < 1.29 is 14.6 Å². The van der Waals surface area contributed by atoms with Crippen molar-refractivity contribution in [3.05, 3.63) is 83.9 Å². The average Bonchev–Trinajstić information content (AvgIpc) is 3.09. The highest BCUT2D eigenvalue weighted by Gasteiger charge is 2.17. The zero-order valence-corrected chi connectivity index (χ0v) is 16.4. The van der Waals surface area contributed by atoms with Gasteiger partial charge in [-0.15, -0.1) is 0 Å². The van der Waals surface area contributed by atoms with Gasteiger partial charge in [-0.2, -0.15) is 5.26 Å². The van der Waals surface area contributed by atoms with Gasteiger partial charge in [0.15, 0.2) is 11.6 Å². The van der Waals surface area contributed by atoms with E-state index < -0.39 is 12.6 Å². The third-order valence-electron chi connectivity index (χ3n) is 4.94. The van der Waals surface area contributed by atoms with E-state index in [2.05, 4.69) is 4.98 Å². The molecule has 0 radical (unpaired) electrons. The summed E-state index contributed by atoms with van der Waals surface area (Å²) in [6.07, 6.45) is 0.0757. The number of carbonyl (C=O) groups is 1. The lowest BCUT2D eigenvalue weighted by Crippen LogP contribution is -2.12. The first-order valence-electron chi connectivity index (χ1n) is 9.44. The van der Waals surface area contributed by atoms with Crippen molar-refractivity contribution in [1.29, 1.82) is 5.26 Å². The Kier molecular flexibility index (Phi) is 5.19. The highest BCUT2D eigenvalue weighted by molar-refractivity contribution is 5.85. The van der Waals surface area contributed by atoms with Gasteiger partial charge in [0, 0.05) is 7.05 Å². The molecule has 0 fully saturated rings. The van der Waals surface area contributed by atoms with Gasteiger partial charge in [0.1, 0.15) is 18.2 Å². The van der Waals surface area contributed by atoms with Crippen LogP contribution in [0.3, 0.4) is 0 Å². The Morgan fingerprint density at radius 1 is 1.10 bits per heavy atom. The first-order valence-corrected chi connectivity index (χ1v) is 9.44. The van der Waals surface area contributed by atoms with Gasteiger partial charge in [-0.1, -0.05) is 54.6 Å². The van der Waals surface area contributed by atoms with Crippen molar-refractivity contribution in [2.75, 3.05) is 6.61 Å². The summed E-state index contributed by atoms with van der Waals surface area (Å²) in [5, 5.41) is 22.1. The highest BCUT2D eigenvalue weighted by Crippen LogP contribution is 2.22. The number of para-hydroxylation sites is 2. The summed E-state index contributed by atoms with van der Waals surface area (Å²) in [7, 11) is 1.76. The molecule has 1 aromatic heterocycles. The molecule has 0 aliphatic carbocycles. The number of allylic oxidation sites excluding steroid dienone is 1. The molecule has 0 bridgehead atoms. The number of nitriles is 1. The van der Waals surface area contributed by atoms with Crippen molar-refractivity contribution >= 4 is 33.3 Å². The molecule has 4 rings (SSSR count). The molecule has 0 aliphatic heterocycles. The number of aliphatic hydroxyl groups is 1. The third-order valence-corrected chi connectivity index (χ3v) is 4.94. The van der Waals surface area contributed by atoms with Crippen molar-refractivity contribution in [2.24, 2.45) is 7.05 Å². The third kappa shape index (κ3) is 3.74. The van der Waals surface area contributed by atoms with Crippen LogP contribution in [0.5, 0.6) is 0 Å². The fraction of sp³-hybridized carbons (Fsp3) is 0.125. The van der Waals surface area contributed by atoms with Crippen LogP contribution in [0, 0.1) is 11.3 Å². The monoisotopic (exact) mass is 397 g/mol. The fourth-order valence-electron chi connectivity index (χ4n) is 3.40. The van der Waals surface area contributed by atoms with E-state index in [4.69, 9.17) is 4.74 Å². The minimum atomic E-state index is -0.487. The van der Waals surface area contributed by atoms with Crippen LogP contribution in [0.25, 0.3) is 27.4 Å². The van der Waals surface area contributed by atoms with E-state index in [0.717, 1.165) is 21.9 Å². The molecule has 0 saturated carbocycles. The second kappa shape index (κ2) is 8.10. The van der Waals surface area contributed by atoms with E-state index in [1.807, 2.05) is 72.8 Å². The van der Waals surface area contributed by atoms with Crippen molar-refractivity contribution in [2.45, 2.75) is 6.42 Å². The molecule has 30 heavy (non-hydrogen) atoms. The van der Waals surface area contributed by atoms with Crippen LogP contribution in [0.2, 0.25) is 0 Å². The van der Waals surface area contributed by atoms with Crippen molar-refractivity contribution in [1.82, 2.24) is 9.55 Å². The first-order chi connectivity index (χ1) is 14.6. The molecule has 0 amide bonds. The number of fused-ring (bicyclic) bond motifs is 2. The van der Waals surface area contributed by atoms with Crippen molar-refractivity contribution in [3.8, 4) is 6.07 Å². The van der Waals surface area contributed by atoms with E-state index in [1.165, 1.54) is 0 Å². The number of aryl methyl sites for hydroxylation is 1. The lowest BCUT2D eigenvalue weighted by atomic mass is 10.1. The van der Waals surface area contributed by atoms with E-state index in [0.29, 0.717) is 11.3 Å². The number of rotatable bonds is 5. The Morgan fingerprint density at radius 3 is 2.60 bits per heavy atom. The van der Waals surface area contributed by atoms with Gasteiger partial charge in [0.25, 0.3) is 0 Å². The maximum atomic E-state index is 12.2. The van der Waals surface area contributed by atoms with E-state index >= 15 is 0 Å². The number of ether oxygens (including phenoxy) is 1. The van der Waals surface area contributed by atoms with E-state index in [9.17, 15) is 15.2 Å². The molecule has 148 valence electrons. The van der Waals surface area contributed by atoms with Crippen LogP contribution in [-0.4, -0.2) is 27.2 Å². The molecule has 0 saturated heterocycles. The Bertz CT molecular complexity index is 1330. The van der Waals surface area contributed by atoms with Crippen LogP contribution in [0.1, 0.15) is 11.4 Å². The fourth-order valence-corrected chi connectivity index (χ4v) is 3.40. The molecule has 0 atom stereocenters. The summed E-state index contributed by atoms with van der Waals surface area (Å²) in [4.78, 5) is 16.7. The number of benzene rings is 3. The largest absolute Gasteiger partial charge is 0.507 e. The number of carbonyl (C=O) groups excluding carboxylic acids is 1. The van der Waals surface area contributed by atoms with Gasteiger partial charge in [0.05, 0.1) is 17.5 Å². The van der Waals surface area contributed by atoms with Crippen LogP contribution in [0.4, 0.5) is 0 Å².